The third-order valence-electron chi connectivity index (χ3n) is 11.3. The second-order valence-corrected chi connectivity index (χ2v) is 23.8. The van der Waals surface area contributed by atoms with E-state index < -0.39 is 220 Å². The fourth-order valence-electron chi connectivity index (χ4n) is 7.05. The van der Waals surface area contributed by atoms with Crippen LogP contribution in [0.4, 0.5) is 35.1 Å². The summed E-state index contributed by atoms with van der Waals surface area (Å²) in [5.74, 6) is -20.7. The van der Waals surface area contributed by atoms with Crippen LogP contribution < -0.4 is 27.9 Å². The third kappa shape index (κ3) is 18.9. The quantitative estimate of drug-likeness (QED) is 0.0283. The van der Waals surface area contributed by atoms with E-state index in [0.29, 0.717) is 27.7 Å². The van der Waals surface area contributed by atoms with Crippen LogP contribution in [0.2, 0.25) is 0 Å². The van der Waals surface area contributed by atoms with Gasteiger partial charge in [0.05, 0.1) is 33.0 Å². The Kier molecular flexibility index (Phi) is 21.7. The molecule has 0 aromatic carbocycles. The minimum atomic E-state index is -5.65. The molecule has 0 spiro atoms. The summed E-state index contributed by atoms with van der Waals surface area (Å²) >= 11 is 14.0. The maximum atomic E-state index is 14.9. The number of hydrogen-bond acceptors (Lipinski definition) is 28. The van der Waals surface area contributed by atoms with Crippen LogP contribution in [0.3, 0.4) is 0 Å². The summed E-state index contributed by atoms with van der Waals surface area (Å²) in [4.78, 5) is 131. The molecule has 0 aliphatic carbocycles. The predicted octanol–water partition coefficient (Wildman–Crippen LogP) is -5.09. The van der Waals surface area contributed by atoms with Crippen LogP contribution in [-0.2, 0) is 55.3 Å². The van der Waals surface area contributed by atoms with Gasteiger partial charge in [-0.05, 0) is 36.7 Å². The average molecular weight is 1490 g/mol. The van der Waals surface area contributed by atoms with Crippen molar-refractivity contribution in [2.24, 2.45) is 0 Å². The molecule has 20 N–H and O–H groups in total. The molecular formula is C36H44F8N8O33P4S3. The molecule has 0 radical (unpaired) electrons. The number of aliphatic hydroxyl groups is 8. The zero-order valence-electron chi connectivity index (χ0n) is 49.4. The van der Waals surface area contributed by atoms with Gasteiger partial charge in [-0.25, -0.2) is 40.6 Å². The van der Waals surface area contributed by atoms with Gasteiger partial charge in [0.25, 0.3) is 45.7 Å². The Morgan fingerprint density at radius 1 is 0.446 bits per heavy atom. The summed E-state index contributed by atoms with van der Waals surface area (Å²) in [6.07, 6.45) is -28.8. The van der Waals surface area contributed by atoms with E-state index in [1.165, 1.54) is 4.98 Å². The van der Waals surface area contributed by atoms with Gasteiger partial charge in [0.2, 0.25) is 23.3 Å². The predicted molar refractivity (Wildman–Crippen MR) is 275 cm³/mol. The molecule has 56 heteroatoms. The highest BCUT2D eigenvalue weighted by Crippen LogP contribution is 2.47. The van der Waals surface area contributed by atoms with E-state index in [0.717, 1.165) is 0 Å². The number of aliphatic hydroxyl groups excluding tert-OH is 8. The lowest BCUT2D eigenvalue weighted by Gasteiger charge is -2.22. The second-order valence-electron chi connectivity index (χ2n) is 17.8. The Balaban J connectivity index is 0.000000236. The van der Waals surface area contributed by atoms with Crippen molar-refractivity contribution in [3.63, 3.8) is 0 Å². The topological polar surface area (TPSA) is 634 Å². The molecule has 0 unspecified atom stereocenters. The second kappa shape index (κ2) is 29.0. The van der Waals surface area contributed by atoms with Crippen molar-refractivity contribution in [1.29, 1.82) is 0 Å². The molecule has 0 bridgehead atoms. The minimum absolute atomic E-state index is 0.168. The highest BCUT2D eigenvalue weighted by atomic mass is 32.1. The average Bonchev–Trinajstić information content (AvgIpc) is 1.58. The first-order chi connectivity index (χ1) is 44.0. The monoisotopic (exact) mass is 1490 g/mol. The van der Waals surface area contributed by atoms with Crippen molar-refractivity contribution in [2.75, 3.05) is 26.3 Å². The Hall–Kier alpha value is -4.62. The van der Waals surface area contributed by atoms with E-state index in [1.807, 2.05) is 4.98 Å². The normalized spacial score (nSPS) is 34.3. The van der Waals surface area contributed by atoms with Crippen molar-refractivity contribution in [1.82, 2.24) is 38.2 Å². The summed E-state index contributed by atoms with van der Waals surface area (Å²) in [5, 5.41) is 78.3. The van der Waals surface area contributed by atoms with E-state index in [9.17, 15) is 118 Å². The molecule has 4 fully saturated rings. The van der Waals surface area contributed by atoms with Crippen LogP contribution in [-0.4, -0.2) is 217 Å². The number of phosphoric ester groups is 4. The van der Waals surface area contributed by atoms with Gasteiger partial charge in [0.1, 0.15) is 75.2 Å². The molecule has 4 aliphatic rings. The Labute approximate surface area is 521 Å². The van der Waals surface area contributed by atoms with Crippen LogP contribution in [0.5, 0.6) is 0 Å². The number of hydrogen-bond donors (Lipinski definition) is 20. The first kappa shape index (κ1) is 68.8. The summed E-state index contributed by atoms with van der Waals surface area (Å²) in [6.45, 7) is -11.0. The number of halogens is 8. The van der Waals surface area contributed by atoms with Gasteiger partial charge in [-0.2, -0.15) is 17.6 Å². The van der Waals surface area contributed by atoms with Crippen molar-refractivity contribution in [2.45, 2.75) is 97.1 Å². The molecule has 8 heterocycles. The fraction of sp³-hybridized carbons (Fsp3) is 0.556. The summed E-state index contributed by atoms with van der Waals surface area (Å²) in [7, 11) is -21.5. The van der Waals surface area contributed by atoms with E-state index in [-0.39, 0.29) is 15.3 Å². The number of nitrogens with one attached hydrogen (secondary N) is 4. The molecule has 0 amide bonds. The Bertz CT molecular complexity index is 4400. The van der Waals surface area contributed by atoms with E-state index >= 15 is 0 Å². The van der Waals surface area contributed by atoms with E-state index in [4.69, 9.17) is 47.4 Å². The van der Waals surface area contributed by atoms with E-state index in [2.05, 4.69) is 73.7 Å². The summed E-state index contributed by atoms with van der Waals surface area (Å²) < 4.78 is 232. The largest absolute Gasteiger partial charge is 0.469 e. The number of nitrogens with zero attached hydrogens (tertiary/aromatic N) is 4. The maximum absolute atomic E-state index is 14.9. The van der Waals surface area contributed by atoms with Gasteiger partial charge >= 0.3 is 37.0 Å². The molecular weight excluding hydrogens is 1440 g/mol. The number of ether oxygens (including phenoxy) is 4. The zero-order chi connectivity index (χ0) is 75.7. The van der Waals surface area contributed by atoms with Crippen molar-refractivity contribution in [3.05, 3.63) is 114 Å². The Morgan fingerprint density at radius 3 is 1.09 bits per heavy atom. The van der Waals surface area contributed by atoms with Gasteiger partial charge < -0.3 is 98.9 Å². The fourth-order valence-corrected chi connectivity index (χ4v) is 8.95. The number of H-pyrrole nitrogens is 4. The third-order valence-corrected chi connectivity index (χ3v) is 13.8. The number of phosphoric acid groups is 4. The van der Waals surface area contributed by atoms with Crippen LogP contribution in [0.25, 0.3) is 0 Å². The summed E-state index contributed by atoms with van der Waals surface area (Å²) in [6, 6.07) is 0. The van der Waals surface area contributed by atoms with Crippen LogP contribution >= 0.6 is 67.9 Å². The minimum Gasteiger partial charge on any atom is -0.385 e. The number of rotatable bonds is 16. The van der Waals surface area contributed by atoms with Crippen LogP contribution in [0.15, 0.2) is 48.8 Å². The zero-order valence-corrected chi connectivity index (χ0v) is 49.4. The van der Waals surface area contributed by atoms with Gasteiger partial charge in [-0.1, -0.05) is 0 Å². The van der Waals surface area contributed by atoms with E-state index in [1.54, 1.807) is 9.97 Å². The molecule has 4 aliphatic heterocycles. The molecule has 0 saturated carbocycles. The lowest BCUT2D eigenvalue weighted by Crippen LogP contribution is -2.43. The molecule has 41 nitrogen and oxygen atoms in total. The van der Waals surface area contributed by atoms with Crippen molar-refractivity contribution in [3.8, 4) is 0 Å². The SMILES string of the molecule is O=c1[nH]c(=O)n([C@@H]2O[C@](F)(COP(=O)(O)O)[C@@H](O)[C@H]2O)cc1F.[2H]C([2H])(OP(=O)(O)O)[C@@]1(F)O[C@@H](n2cc(F)c(=O)[nH]c2=S)[C@H](O)[C@@H]1O.[2H]C([2H])(OP(=O)(O)O)[C@@]1(F)O[C@@]([2H])(n2cc(F)c(=O)[nH]c2=S)[C@H](O)[C@@H]1O.[2H][C@@]1(n2cc(F)c(=O)[nH]c2=S)O[C@](F)(COP(=O)(O)O)[C@@H](O)[C@H]1O. The molecule has 92 heavy (non-hydrogen) atoms. The first-order valence-corrected chi connectivity index (χ1v) is 30.3. The van der Waals surface area contributed by atoms with Crippen LogP contribution in [0, 0.1) is 37.6 Å². The van der Waals surface area contributed by atoms with Gasteiger partial charge in [-0.15, -0.1) is 0 Å². The number of aromatic amines is 4. The molecule has 16 atom stereocenters. The molecule has 4 aromatic rings. The number of alkyl halides is 4. The maximum Gasteiger partial charge on any atom is 0.469 e. The van der Waals surface area contributed by atoms with Crippen molar-refractivity contribution >= 4 is 67.9 Å². The molecule has 8 rings (SSSR count). The van der Waals surface area contributed by atoms with Crippen molar-refractivity contribution < 1.29 is 179 Å². The van der Waals surface area contributed by atoms with Gasteiger partial charge in [0.15, 0.2) is 39.2 Å². The Morgan fingerprint density at radius 2 is 0.707 bits per heavy atom. The van der Waals surface area contributed by atoms with Crippen LogP contribution in [0.1, 0.15) is 33.1 Å². The standard InChI is InChI=1S/C9H11F2N2O9P.3C9H11F2N2O8PS/c10-3-1-13(8(17)12-6(3)16)7-4(14)5(15)9(11,22-7)2-21-23(18,19)20;3*10-3-1-13(8(23)12-6(3)16)7-4(14)5(15)9(11,21-7)2-20-22(17,18)19/h1,4-5,7,14-15H,2H2,(H,12,16,17)(H2,18,19,20);3*1,4-5,7,14-15H,2H2,(H,12,16,23)(H2,17,18,19)/t4*4-,5+,7-,9-/m1111/s1/i;2D2,7D;7D;2D2. The highest BCUT2D eigenvalue weighted by Gasteiger charge is 2.60. The van der Waals surface area contributed by atoms with Gasteiger partial charge in [-0.3, -0.25) is 75.5 Å². The summed E-state index contributed by atoms with van der Waals surface area (Å²) in [5.41, 5.74) is -6.44. The first-order valence-electron chi connectivity index (χ1n) is 25.9. The molecule has 520 valence electrons. The number of aromatic nitrogens is 8. The lowest BCUT2D eigenvalue weighted by atomic mass is 10.1. The smallest absolute Gasteiger partial charge is 0.385 e. The lowest BCUT2D eigenvalue weighted by molar-refractivity contribution is -0.205. The molecule has 4 aromatic heterocycles. The molecule has 4 saturated heterocycles. The highest BCUT2D eigenvalue weighted by molar-refractivity contribution is 7.71. The van der Waals surface area contributed by atoms with Gasteiger partial charge in [0, 0.05) is 0 Å².